The van der Waals surface area contributed by atoms with E-state index in [2.05, 4.69) is 0 Å². The molecule has 5 heteroatoms. The summed E-state index contributed by atoms with van der Waals surface area (Å²) >= 11 is 11.8. The van der Waals surface area contributed by atoms with Crippen LogP contribution in [0.25, 0.3) is 0 Å². The van der Waals surface area contributed by atoms with Gasteiger partial charge in [-0.05, 0) is 36.4 Å². The van der Waals surface area contributed by atoms with Gasteiger partial charge in [0.15, 0.2) is 0 Å². The number of rotatable bonds is 2. The van der Waals surface area contributed by atoms with E-state index in [0.29, 0.717) is 27.1 Å². The van der Waals surface area contributed by atoms with E-state index in [9.17, 15) is 0 Å². The Kier molecular flexibility index (Phi) is 3.92. The molecule has 0 saturated heterocycles. The van der Waals surface area contributed by atoms with Crippen molar-refractivity contribution in [2.75, 3.05) is 0 Å². The molecular weight excluding hydrogens is 283 g/mol. The van der Waals surface area contributed by atoms with Crippen LogP contribution in [0.4, 0.5) is 0 Å². The second-order valence-electron chi connectivity index (χ2n) is 3.61. The Morgan fingerprint density at radius 3 is 2.26 bits per heavy atom. The van der Waals surface area contributed by atoms with E-state index in [1.54, 1.807) is 24.3 Å². The maximum atomic E-state index is 8.93. The standard InChI is InChI=1S/C14H6Cl2N2O/c15-11-2-4-14(13(16)6-11)19-12-3-1-9(7-17)10(5-12)8-18/h1-6H. The van der Waals surface area contributed by atoms with Crippen molar-refractivity contribution in [3.8, 4) is 23.6 Å². The highest BCUT2D eigenvalue weighted by Crippen LogP contribution is 2.32. The third-order valence-corrected chi connectivity index (χ3v) is 2.88. The van der Waals surface area contributed by atoms with Crippen LogP contribution in [0, 0.1) is 22.7 Å². The Morgan fingerprint density at radius 1 is 0.895 bits per heavy atom. The molecule has 0 amide bonds. The zero-order valence-electron chi connectivity index (χ0n) is 9.52. The van der Waals surface area contributed by atoms with Gasteiger partial charge in [0.1, 0.15) is 23.6 Å². The highest BCUT2D eigenvalue weighted by Gasteiger charge is 2.07. The van der Waals surface area contributed by atoms with E-state index in [-0.39, 0.29) is 5.56 Å². The van der Waals surface area contributed by atoms with Crippen LogP contribution < -0.4 is 4.74 Å². The summed E-state index contributed by atoms with van der Waals surface area (Å²) in [5.74, 6) is 0.861. The second-order valence-corrected chi connectivity index (χ2v) is 4.45. The normalized spacial score (nSPS) is 9.47. The van der Waals surface area contributed by atoms with E-state index in [0.717, 1.165) is 0 Å². The molecule has 19 heavy (non-hydrogen) atoms. The van der Waals surface area contributed by atoms with Gasteiger partial charge in [0.25, 0.3) is 0 Å². The third kappa shape index (κ3) is 2.98. The first-order valence-corrected chi connectivity index (χ1v) is 5.97. The van der Waals surface area contributed by atoms with E-state index in [1.165, 1.54) is 12.1 Å². The largest absolute Gasteiger partial charge is 0.456 e. The summed E-state index contributed by atoms with van der Waals surface area (Å²) in [6.07, 6.45) is 0. The average molecular weight is 289 g/mol. The smallest absolute Gasteiger partial charge is 0.146 e. The fourth-order valence-electron chi connectivity index (χ4n) is 1.46. The summed E-state index contributed by atoms with van der Waals surface area (Å²) in [6.45, 7) is 0. The molecule has 0 aliphatic carbocycles. The number of benzene rings is 2. The molecule has 0 aromatic heterocycles. The highest BCUT2D eigenvalue weighted by molar-refractivity contribution is 6.35. The lowest BCUT2D eigenvalue weighted by Crippen LogP contribution is -1.89. The predicted molar refractivity (Wildman–Crippen MR) is 72.4 cm³/mol. The van der Waals surface area contributed by atoms with Gasteiger partial charge in [-0.1, -0.05) is 23.2 Å². The maximum absolute atomic E-state index is 8.93. The molecule has 92 valence electrons. The van der Waals surface area contributed by atoms with Gasteiger partial charge in [-0.2, -0.15) is 10.5 Å². The summed E-state index contributed by atoms with van der Waals surface area (Å²) in [5, 5.41) is 18.6. The van der Waals surface area contributed by atoms with E-state index >= 15 is 0 Å². The number of hydrogen-bond donors (Lipinski definition) is 0. The van der Waals surface area contributed by atoms with Crippen LogP contribution in [-0.2, 0) is 0 Å². The summed E-state index contributed by atoms with van der Waals surface area (Å²) in [5.41, 5.74) is 0.558. The number of hydrogen-bond acceptors (Lipinski definition) is 3. The molecule has 0 aliphatic heterocycles. The van der Waals surface area contributed by atoms with Gasteiger partial charge in [0.2, 0.25) is 0 Å². The molecular formula is C14H6Cl2N2O. The molecule has 2 aromatic carbocycles. The highest BCUT2D eigenvalue weighted by atomic mass is 35.5. The van der Waals surface area contributed by atoms with Gasteiger partial charge in [0, 0.05) is 5.02 Å². The van der Waals surface area contributed by atoms with E-state index < -0.39 is 0 Å². The lowest BCUT2D eigenvalue weighted by atomic mass is 10.1. The van der Waals surface area contributed by atoms with Crippen LogP contribution in [0.3, 0.4) is 0 Å². The summed E-state index contributed by atoms with van der Waals surface area (Å²) in [6, 6.07) is 13.3. The quantitative estimate of drug-likeness (QED) is 0.816. The minimum absolute atomic E-state index is 0.255. The lowest BCUT2D eigenvalue weighted by Gasteiger charge is -2.08. The molecule has 0 aliphatic rings. The first-order valence-electron chi connectivity index (χ1n) is 5.21. The van der Waals surface area contributed by atoms with Crippen LogP contribution in [0.2, 0.25) is 10.0 Å². The van der Waals surface area contributed by atoms with Crippen molar-refractivity contribution in [2.45, 2.75) is 0 Å². The van der Waals surface area contributed by atoms with E-state index in [4.69, 9.17) is 38.5 Å². The van der Waals surface area contributed by atoms with Gasteiger partial charge in [-0.15, -0.1) is 0 Å². The molecule has 0 atom stereocenters. The van der Waals surface area contributed by atoms with Gasteiger partial charge in [-0.25, -0.2) is 0 Å². The van der Waals surface area contributed by atoms with Crippen molar-refractivity contribution in [1.29, 1.82) is 10.5 Å². The first kappa shape index (κ1) is 13.2. The third-order valence-electron chi connectivity index (χ3n) is 2.35. The summed E-state index contributed by atoms with van der Waals surface area (Å²) in [4.78, 5) is 0. The molecule has 0 saturated carbocycles. The van der Waals surface area contributed by atoms with Gasteiger partial charge >= 0.3 is 0 Å². The Labute approximate surface area is 120 Å². The molecule has 0 radical (unpaired) electrons. The fourth-order valence-corrected chi connectivity index (χ4v) is 1.91. The molecule has 0 bridgehead atoms. The minimum atomic E-state index is 0.255. The Morgan fingerprint density at radius 2 is 1.63 bits per heavy atom. The SMILES string of the molecule is N#Cc1ccc(Oc2ccc(Cl)cc2Cl)cc1C#N. The number of nitriles is 2. The van der Waals surface area contributed by atoms with E-state index in [1.807, 2.05) is 12.1 Å². The fraction of sp³-hybridized carbons (Fsp3) is 0. The second kappa shape index (κ2) is 5.63. The molecule has 2 rings (SSSR count). The molecule has 0 fully saturated rings. The van der Waals surface area contributed by atoms with Gasteiger partial charge in [0.05, 0.1) is 16.1 Å². The van der Waals surface area contributed by atoms with Crippen molar-refractivity contribution < 1.29 is 4.74 Å². The molecule has 3 nitrogen and oxygen atoms in total. The monoisotopic (exact) mass is 288 g/mol. The van der Waals surface area contributed by atoms with Crippen molar-refractivity contribution >= 4 is 23.2 Å². The van der Waals surface area contributed by atoms with Crippen LogP contribution in [0.1, 0.15) is 11.1 Å². The summed E-state index contributed by atoms with van der Waals surface area (Å²) < 4.78 is 5.56. The zero-order chi connectivity index (χ0) is 13.8. The molecule has 0 heterocycles. The van der Waals surface area contributed by atoms with Crippen LogP contribution in [0.5, 0.6) is 11.5 Å². The van der Waals surface area contributed by atoms with Crippen LogP contribution in [-0.4, -0.2) is 0 Å². The Bertz CT molecular complexity index is 714. The number of nitrogens with zero attached hydrogens (tertiary/aromatic N) is 2. The van der Waals surface area contributed by atoms with Crippen molar-refractivity contribution in [1.82, 2.24) is 0 Å². The minimum Gasteiger partial charge on any atom is -0.456 e. The first-order chi connectivity index (χ1) is 9.13. The lowest BCUT2D eigenvalue weighted by molar-refractivity contribution is 0.482. The van der Waals surface area contributed by atoms with Crippen molar-refractivity contribution in [3.63, 3.8) is 0 Å². The Hall–Kier alpha value is -2.20. The van der Waals surface area contributed by atoms with Crippen molar-refractivity contribution in [3.05, 3.63) is 57.6 Å². The Balaban J connectivity index is 2.34. The van der Waals surface area contributed by atoms with Crippen molar-refractivity contribution in [2.24, 2.45) is 0 Å². The van der Waals surface area contributed by atoms with Crippen LogP contribution >= 0.6 is 23.2 Å². The van der Waals surface area contributed by atoms with Crippen LogP contribution in [0.15, 0.2) is 36.4 Å². The topological polar surface area (TPSA) is 56.8 Å². The number of ether oxygens (including phenoxy) is 1. The van der Waals surface area contributed by atoms with Gasteiger partial charge < -0.3 is 4.74 Å². The molecule has 2 aromatic rings. The van der Waals surface area contributed by atoms with Gasteiger partial charge in [-0.3, -0.25) is 0 Å². The predicted octanol–water partition coefficient (Wildman–Crippen LogP) is 4.53. The molecule has 0 spiro atoms. The molecule has 0 N–H and O–H groups in total. The zero-order valence-corrected chi connectivity index (χ0v) is 11.0. The average Bonchev–Trinajstić information content (AvgIpc) is 2.41. The maximum Gasteiger partial charge on any atom is 0.146 e. The summed E-state index contributed by atoms with van der Waals surface area (Å²) in [7, 11) is 0. The number of halogens is 2. The molecule has 0 unspecified atom stereocenters.